The molecule has 7 nitrogen and oxygen atoms in total. The zero-order chi connectivity index (χ0) is 13.8. The lowest BCUT2D eigenvalue weighted by Gasteiger charge is -2.66. The molecule has 3 amide bonds. The van der Waals surface area contributed by atoms with E-state index in [0.29, 0.717) is 25.7 Å². The van der Waals surface area contributed by atoms with E-state index in [1.165, 1.54) is 0 Å². The molecule has 0 aromatic heterocycles. The zero-order valence-electron chi connectivity index (χ0n) is 10.2. The molecule has 0 aromatic rings. The van der Waals surface area contributed by atoms with Crippen LogP contribution in [-0.2, 0) is 19.2 Å². The number of carboxylic acid groups (broad SMARTS) is 1. The van der Waals surface area contributed by atoms with E-state index in [1.54, 1.807) is 0 Å². The summed E-state index contributed by atoms with van der Waals surface area (Å²) in [5.41, 5.74) is -1.30. The SMILES string of the molecule is O=C1CCC(NC(=O)C23CC(C(=O)O)(C2)C3)C(=O)N1. The molecule has 7 heteroatoms. The Kier molecular flexibility index (Phi) is 2.27. The number of carbonyl (C=O) groups is 4. The van der Waals surface area contributed by atoms with Crippen molar-refractivity contribution < 1.29 is 24.3 Å². The van der Waals surface area contributed by atoms with Crippen LogP contribution in [-0.4, -0.2) is 34.8 Å². The van der Waals surface area contributed by atoms with Crippen LogP contribution in [0.4, 0.5) is 0 Å². The molecule has 3 N–H and O–H groups in total. The molecule has 1 saturated heterocycles. The standard InChI is InChI=1S/C12H14N2O5/c15-7-2-1-6(8(16)14-7)13-9(17)11-3-12(4-11,5-11)10(18)19/h6H,1-5H2,(H,13,17)(H,18,19)(H,14,15,16). The Bertz CT molecular complexity index is 492. The second kappa shape index (κ2) is 3.55. The molecular weight excluding hydrogens is 252 g/mol. The third-order valence-corrected chi connectivity index (χ3v) is 4.51. The van der Waals surface area contributed by atoms with Gasteiger partial charge in [-0.05, 0) is 25.7 Å². The molecule has 3 saturated carbocycles. The molecule has 19 heavy (non-hydrogen) atoms. The first kappa shape index (κ1) is 12.1. The van der Waals surface area contributed by atoms with Gasteiger partial charge in [-0.15, -0.1) is 0 Å². The van der Waals surface area contributed by atoms with E-state index in [4.69, 9.17) is 5.11 Å². The van der Waals surface area contributed by atoms with Gasteiger partial charge in [-0.1, -0.05) is 0 Å². The lowest BCUT2D eigenvalue weighted by Crippen LogP contribution is -2.71. The van der Waals surface area contributed by atoms with Gasteiger partial charge >= 0.3 is 5.97 Å². The van der Waals surface area contributed by atoms with Gasteiger partial charge in [-0.25, -0.2) is 0 Å². The molecule has 102 valence electrons. The largest absolute Gasteiger partial charge is 0.481 e. The second-order valence-electron chi connectivity index (χ2n) is 5.87. The van der Waals surface area contributed by atoms with Crippen molar-refractivity contribution in [3.8, 4) is 0 Å². The fourth-order valence-electron chi connectivity index (χ4n) is 3.40. The third kappa shape index (κ3) is 1.57. The molecule has 1 unspecified atom stereocenters. The summed E-state index contributed by atoms with van der Waals surface area (Å²) >= 11 is 0. The van der Waals surface area contributed by atoms with Crippen molar-refractivity contribution in [2.45, 2.75) is 38.1 Å². The van der Waals surface area contributed by atoms with Crippen LogP contribution >= 0.6 is 0 Å². The van der Waals surface area contributed by atoms with Gasteiger partial charge in [0, 0.05) is 6.42 Å². The minimum atomic E-state index is -0.844. The monoisotopic (exact) mass is 266 g/mol. The number of imide groups is 1. The number of rotatable bonds is 3. The lowest BCUT2D eigenvalue weighted by atomic mass is 9.35. The number of hydrogen-bond donors (Lipinski definition) is 3. The van der Waals surface area contributed by atoms with Gasteiger partial charge in [0.15, 0.2) is 0 Å². The van der Waals surface area contributed by atoms with Gasteiger partial charge in [-0.3, -0.25) is 24.5 Å². The summed E-state index contributed by atoms with van der Waals surface area (Å²) in [6.45, 7) is 0. The number of aliphatic carboxylic acids is 1. The number of carbonyl (C=O) groups excluding carboxylic acids is 3. The van der Waals surface area contributed by atoms with Crippen molar-refractivity contribution in [2.24, 2.45) is 10.8 Å². The molecule has 0 radical (unpaired) electrons. The van der Waals surface area contributed by atoms with Crippen LogP contribution in [0.1, 0.15) is 32.1 Å². The maximum atomic E-state index is 12.1. The first-order chi connectivity index (χ1) is 8.87. The van der Waals surface area contributed by atoms with E-state index in [1.807, 2.05) is 0 Å². The maximum Gasteiger partial charge on any atom is 0.309 e. The highest BCUT2D eigenvalue weighted by molar-refractivity contribution is 6.02. The van der Waals surface area contributed by atoms with Crippen molar-refractivity contribution in [2.75, 3.05) is 0 Å². The fourth-order valence-corrected chi connectivity index (χ4v) is 3.40. The van der Waals surface area contributed by atoms with Crippen molar-refractivity contribution in [3.63, 3.8) is 0 Å². The molecule has 3 aliphatic carbocycles. The van der Waals surface area contributed by atoms with Crippen LogP contribution in [0.5, 0.6) is 0 Å². The Hall–Kier alpha value is -1.92. The summed E-state index contributed by atoms with van der Waals surface area (Å²) in [5, 5.41) is 13.8. The van der Waals surface area contributed by atoms with E-state index in [0.717, 1.165) is 0 Å². The van der Waals surface area contributed by atoms with Gasteiger partial charge in [0.25, 0.3) is 0 Å². The zero-order valence-corrected chi connectivity index (χ0v) is 10.2. The summed E-state index contributed by atoms with van der Waals surface area (Å²) in [4.78, 5) is 45.5. The molecule has 4 rings (SSSR count). The fraction of sp³-hybridized carbons (Fsp3) is 0.667. The normalized spacial score (nSPS) is 39.7. The third-order valence-electron chi connectivity index (χ3n) is 4.51. The van der Waals surface area contributed by atoms with Crippen LogP contribution in [0.3, 0.4) is 0 Å². The minimum Gasteiger partial charge on any atom is -0.481 e. The average Bonchev–Trinajstić information content (AvgIpc) is 2.17. The van der Waals surface area contributed by atoms with Crippen molar-refractivity contribution >= 4 is 23.7 Å². The Balaban J connectivity index is 1.58. The summed E-state index contributed by atoms with van der Waals surface area (Å²) in [6, 6.07) is -0.681. The number of carboxylic acids is 1. The van der Waals surface area contributed by atoms with Crippen LogP contribution in [0.25, 0.3) is 0 Å². The van der Waals surface area contributed by atoms with Gasteiger partial charge in [0.05, 0.1) is 10.8 Å². The van der Waals surface area contributed by atoms with Gasteiger partial charge < -0.3 is 10.4 Å². The molecule has 1 heterocycles. The predicted octanol–water partition coefficient (Wildman–Crippen LogP) is -0.837. The van der Waals surface area contributed by atoms with Crippen LogP contribution in [0.15, 0.2) is 0 Å². The maximum absolute atomic E-state index is 12.1. The van der Waals surface area contributed by atoms with Crippen molar-refractivity contribution in [3.05, 3.63) is 0 Å². The molecule has 4 fully saturated rings. The van der Waals surface area contributed by atoms with E-state index in [-0.39, 0.29) is 18.2 Å². The summed E-state index contributed by atoms with van der Waals surface area (Å²) in [5.74, 6) is -1.91. The topological polar surface area (TPSA) is 113 Å². The highest BCUT2D eigenvalue weighted by Crippen LogP contribution is 2.73. The molecule has 4 aliphatic rings. The summed E-state index contributed by atoms with van der Waals surface area (Å²) < 4.78 is 0. The molecule has 0 spiro atoms. The summed E-state index contributed by atoms with van der Waals surface area (Å²) in [7, 11) is 0. The van der Waals surface area contributed by atoms with Crippen molar-refractivity contribution in [1.82, 2.24) is 10.6 Å². The highest BCUT2D eigenvalue weighted by atomic mass is 16.4. The molecular formula is C12H14N2O5. The first-order valence-corrected chi connectivity index (χ1v) is 6.25. The van der Waals surface area contributed by atoms with Crippen molar-refractivity contribution in [1.29, 1.82) is 0 Å². The van der Waals surface area contributed by atoms with Crippen LogP contribution < -0.4 is 10.6 Å². The molecule has 0 aromatic carbocycles. The Morgan fingerprint density at radius 3 is 2.37 bits per heavy atom. The minimum absolute atomic E-state index is 0.211. The lowest BCUT2D eigenvalue weighted by molar-refractivity contribution is -0.221. The Morgan fingerprint density at radius 1 is 1.21 bits per heavy atom. The second-order valence-corrected chi connectivity index (χ2v) is 5.87. The number of nitrogens with one attached hydrogen (secondary N) is 2. The van der Waals surface area contributed by atoms with Crippen LogP contribution in [0, 0.1) is 10.8 Å². The van der Waals surface area contributed by atoms with Gasteiger partial charge in [-0.2, -0.15) is 0 Å². The number of hydrogen-bond acceptors (Lipinski definition) is 4. The number of amides is 3. The number of piperidine rings is 1. The van der Waals surface area contributed by atoms with E-state index in [9.17, 15) is 19.2 Å². The van der Waals surface area contributed by atoms with Crippen LogP contribution in [0.2, 0.25) is 0 Å². The Labute approximate surface area is 108 Å². The molecule has 2 bridgehead atoms. The van der Waals surface area contributed by atoms with E-state index in [2.05, 4.69) is 10.6 Å². The smallest absolute Gasteiger partial charge is 0.309 e. The van der Waals surface area contributed by atoms with Gasteiger partial charge in [0.2, 0.25) is 17.7 Å². The highest BCUT2D eigenvalue weighted by Gasteiger charge is 2.75. The summed E-state index contributed by atoms with van der Waals surface area (Å²) in [6.07, 6.45) is 1.58. The van der Waals surface area contributed by atoms with Gasteiger partial charge in [0.1, 0.15) is 6.04 Å². The molecule has 1 aliphatic heterocycles. The average molecular weight is 266 g/mol. The predicted molar refractivity (Wildman–Crippen MR) is 60.7 cm³/mol. The van der Waals surface area contributed by atoms with E-state index < -0.39 is 28.7 Å². The Morgan fingerprint density at radius 2 is 1.84 bits per heavy atom. The molecule has 1 atom stereocenters. The van der Waals surface area contributed by atoms with E-state index >= 15 is 0 Å². The quantitative estimate of drug-likeness (QED) is 0.577. The first-order valence-electron chi connectivity index (χ1n) is 6.25.